The van der Waals surface area contributed by atoms with Crippen molar-refractivity contribution in [2.75, 3.05) is 13.1 Å². The first-order valence-corrected chi connectivity index (χ1v) is 7.46. The summed E-state index contributed by atoms with van der Waals surface area (Å²) in [4.78, 5) is 26.9. The van der Waals surface area contributed by atoms with Crippen LogP contribution in [-0.4, -0.2) is 35.7 Å². The molecule has 1 fully saturated rings. The highest BCUT2D eigenvalue weighted by Gasteiger charge is 2.30. The summed E-state index contributed by atoms with van der Waals surface area (Å²) in [5, 5.41) is 0. The lowest BCUT2D eigenvalue weighted by Gasteiger charge is -2.37. The van der Waals surface area contributed by atoms with Crippen molar-refractivity contribution in [2.24, 2.45) is 11.7 Å². The minimum Gasteiger partial charge on any atom is -0.334 e. The van der Waals surface area contributed by atoms with Gasteiger partial charge in [-0.05, 0) is 37.8 Å². The van der Waals surface area contributed by atoms with Crippen LogP contribution in [0, 0.1) is 5.92 Å². The Morgan fingerprint density at radius 2 is 2.05 bits per heavy atom. The number of rotatable bonds is 3. The molecule has 2 rings (SSSR count). The van der Waals surface area contributed by atoms with Crippen LogP contribution >= 0.6 is 23.7 Å². The number of carbonyl (C=O) groups is 2. The number of halogens is 1. The van der Waals surface area contributed by atoms with Gasteiger partial charge < -0.3 is 10.6 Å². The second-order valence-corrected chi connectivity index (χ2v) is 6.32. The largest absolute Gasteiger partial charge is 0.334 e. The molecule has 0 spiro atoms. The maximum Gasteiger partial charge on any atom is 0.264 e. The van der Waals surface area contributed by atoms with Crippen molar-refractivity contribution in [1.29, 1.82) is 0 Å². The van der Waals surface area contributed by atoms with Crippen LogP contribution in [0.4, 0.5) is 0 Å². The number of ketones is 1. The number of carbonyl (C=O) groups excluding carboxylic acids is 2. The molecule has 2 N–H and O–H groups in total. The van der Waals surface area contributed by atoms with Crippen molar-refractivity contribution in [3.8, 4) is 0 Å². The van der Waals surface area contributed by atoms with E-state index in [1.54, 1.807) is 12.1 Å². The molecule has 6 heteroatoms. The maximum atomic E-state index is 12.5. The fraction of sp³-hybridized carbons (Fsp3) is 0.571. The summed E-state index contributed by atoms with van der Waals surface area (Å²) in [5.41, 5.74) is 5.78. The maximum absolute atomic E-state index is 12.5. The Labute approximate surface area is 129 Å². The van der Waals surface area contributed by atoms with Gasteiger partial charge in [0.15, 0.2) is 5.78 Å². The van der Waals surface area contributed by atoms with Crippen molar-refractivity contribution < 1.29 is 9.59 Å². The Hall–Kier alpha value is -0.910. The second-order valence-electron chi connectivity index (χ2n) is 5.24. The van der Waals surface area contributed by atoms with E-state index in [1.807, 2.05) is 4.90 Å². The van der Waals surface area contributed by atoms with Crippen LogP contribution < -0.4 is 5.73 Å². The van der Waals surface area contributed by atoms with Crippen molar-refractivity contribution in [3.05, 3.63) is 21.9 Å². The van der Waals surface area contributed by atoms with Crippen LogP contribution in [0.5, 0.6) is 0 Å². The minimum absolute atomic E-state index is 0. The molecule has 1 aliphatic rings. The fourth-order valence-corrected chi connectivity index (χ4v) is 3.38. The molecule has 1 amide bonds. The number of thiophene rings is 1. The van der Waals surface area contributed by atoms with E-state index in [-0.39, 0.29) is 30.1 Å². The Balaban J connectivity index is 0.00000200. The van der Waals surface area contributed by atoms with Crippen molar-refractivity contribution in [3.63, 3.8) is 0 Å². The molecular formula is C14H21ClN2O2S. The molecule has 1 aromatic rings. The van der Waals surface area contributed by atoms with Crippen LogP contribution in [0.1, 0.15) is 46.0 Å². The van der Waals surface area contributed by atoms with Crippen molar-refractivity contribution in [2.45, 2.75) is 32.7 Å². The molecule has 2 unspecified atom stereocenters. The minimum atomic E-state index is 0. The highest BCUT2D eigenvalue weighted by Crippen LogP contribution is 2.26. The molecule has 0 saturated carbocycles. The predicted octanol–water partition coefficient (Wildman–Crippen LogP) is 2.57. The monoisotopic (exact) mass is 316 g/mol. The number of hydrogen-bond donors (Lipinski definition) is 1. The molecule has 1 aliphatic heterocycles. The van der Waals surface area contributed by atoms with Gasteiger partial charge in [0.2, 0.25) is 0 Å². The lowest BCUT2D eigenvalue weighted by atomic mass is 9.92. The second kappa shape index (κ2) is 7.20. The van der Waals surface area contributed by atoms with E-state index in [0.717, 1.165) is 19.4 Å². The van der Waals surface area contributed by atoms with Crippen molar-refractivity contribution >= 4 is 35.4 Å². The molecule has 1 saturated heterocycles. The molecular weight excluding hydrogens is 296 g/mol. The summed E-state index contributed by atoms with van der Waals surface area (Å²) >= 11 is 1.27. The summed E-state index contributed by atoms with van der Waals surface area (Å²) in [6.45, 7) is 4.98. The zero-order valence-corrected chi connectivity index (χ0v) is 13.4. The van der Waals surface area contributed by atoms with Gasteiger partial charge in [-0.2, -0.15) is 0 Å². The number of Topliss-reactive ketones (excluding diaryl/α,β-unsaturated/α-hetero) is 1. The lowest BCUT2D eigenvalue weighted by Crippen LogP contribution is -2.49. The Kier molecular flexibility index (Phi) is 6.17. The van der Waals surface area contributed by atoms with E-state index in [2.05, 4.69) is 6.92 Å². The first-order valence-electron chi connectivity index (χ1n) is 6.64. The highest BCUT2D eigenvalue weighted by molar-refractivity contribution is 7.15. The van der Waals surface area contributed by atoms with Gasteiger partial charge in [0.25, 0.3) is 5.91 Å². The van der Waals surface area contributed by atoms with Gasteiger partial charge in [0.05, 0.1) is 9.75 Å². The molecule has 0 radical (unpaired) electrons. The standard InChI is InChI=1S/C14H20N2O2S.ClH/c1-9-5-6-16(11(7-9)8-15)14(18)13-4-3-12(19-13)10(2)17;/h3-4,9,11H,5-8,15H2,1-2H3;1H. The molecule has 0 bridgehead atoms. The topological polar surface area (TPSA) is 63.4 Å². The van der Waals surface area contributed by atoms with Crippen molar-refractivity contribution in [1.82, 2.24) is 4.90 Å². The summed E-state index contributed by atoms with van der Waals surface area (Å²) in [6, 6.07) is 3.60. The average molecular weight is 317 g/mol. The van der Waals surface area contributed by atoms with Gasteiger partial charge in [-0.1, -0.05) is 6.92 Å². The van der Waals surface area contributed by atoms with E-state index < -0.39 is 0 Å². The third kappa shape index (κ3) is 3.59. The van der Waals surface area contributed by atoms with Crippen LogP contribution in [0.3, 0.4) is 0 Å². The third-order valence-corrected chi connectivity index (χ3v) is 4.85. The molecule has 4 nitrogen and oxygen atoms in total. The number of piperidine rings is 1. The van der Waals surface area contributed by atoms with Gasteiger partial charge in [-0.25, -0.2) is 0 Å². The van der Waals surface area contributed by atoms with Crippen LogP contribution in [0.15, 0.2) is 12.1 Å². The van der Waals surface area contributed by atoms with Crippen LogP contribution in [0.2, 0.25) is 0 Å². The van der Waals surface area contributed by atoms with Gasteiger partial charge in [-0.3, -0.25) is 9.59 Å². The average Bonchev–Trinajstić information content (AvgIpc) is 2.87. The number of nitrogens with zero attached hydrogens (tertiary/aromatic N) is 1. The summed E-state index contributed by atoms with van der Waals surface area (Å²) in [5.74, 6) is 0.639. The van der Waals surface area contributed by atoms with E-state index in [9.17, 15) is 9.59 Å². The Morgan fingerprint density at radius 1 is 1.40 bits per heavy atom. The van der Waals surface area contributed by atoms with Gasteiger partial charge in [0, 0.05) is 19.1 Å². The summed E-state index contributed by atoms with van der Waals surface area (Å²) < 4.78 is 0. The highest BCUT2D eigenvalue weighted by atomic mass is 35.5. The SMILES string of the molecule is CC(=O)c1ccc(C(=O)N2CCC(C)CC2CN)s1.Cl. The molecule has 1 aromatic heterocycles. The van der Waals surface area contributed by atoms with Crippen LogP contribution in [0.25, 0.3) is 0 Å². The fourth-order valence-electron chi connectivity index (χ4n) is 2.53. The number of amides is 1. The van der Waals surface area contributed by atoms with Crippen LogP contribution in [-0.2, 0) is 0 Å². The summed E-state index contributed by atoms with van der Waals surface area (Å²) in [7, 11) is 0. The van der Waals surface area contributed by atoms with E-state index >= 15 is 0 Å². The summed E-state index contributed by atoms with van der Waals surface area (Å²) in [6.07, 6.45) is 1.99. The van der Waals surface area contributed by atoms with Gasteiger partial charge >= 0.3 is 0 Å². The van der Waals surface area contributed by atoms with Gasteiger partial charge in [-0.15, -0.1) is 23.7 Å². The molecule has 0 aliphatic carbocycles. The Morgan fingerprint density at radius 3 is 2.60 bits per heavy atom. The van der Waals surface area contributed by atoms with Gasteiger partial charge in [0.1, 0.15) is 0 Å². The van der Waals surface area contributed by atoms with E-state index in [0.29, 0.717) is 22.2 Å². The zero-order valence-electron chi connectivity index (χ0n) is 11.8. The molecule has 20 heavy (non-hydrogen) atoms. The first kappa shape index (κ1) is 17.1. The smallest absolute Gasteiger partial charge is 0.264 e. The Bertz CT molecular complexity index is 489. The van der Waals surface area contributed by atoms with E-state index in [4.69, 9.17) is 5.73 Å². The lowest BCUT2D eigenvalue weighted by molar-refractivity contribution is 0.0578. The molecule has 112 valence electrons. The molecule has 0 aromatic carbocycles. The number of likely N-dealkylation sites (tertiary alicyclic amines) is 1. The predicted molar refractivity (Wildman–Crippen MR) is 83.8 cm³/mol. The third-order valence-electron chi connectivity index (χ3n) is 3.67. The van der Waals surface area contributed by atoms with E-state index in [1.165, 1.54) is 18.3 Å². The molecule has 2 heterocycles. The normalized spacial score (nSPS) is 22.2. The quantitative estimate of drug-likeness (QED) is 0.872. The number of hydrogen-bond acceptors (Lipinski definition) is 4. The first-order chi connectivity index (χ1) is 9.02. The molecule has 2 atom stereocenters. The zero-order chi connectivity index (χ0) is 14.0. The number of nitrogens with two attached hydrogens (primary N) is 1.